The molecule has 1 aromatic rings. The fraction of sp³-hybridized carbons (Fsp3) is 0.556. The van der Waals surface area contributed by atoms with E-state index in [2.05, 4.69) is 4.98 Å². The van der Waals surface area contributed by atoms with E-state index in [1.54, 1.807) is 0 Å². The summed E-state index contributed by atoms with van der Waals surface area (Å²) in [6.07, 6.45) is -3.54. The summed E-state index contributed by atoms with van der Waals surface area (Å²) in [7, 11) is 0. The molecule has 17 heavy (non-hydrogen) atoms. The van der Waals surface area contributed by atoms with Crippen LogP contribution in [0.5, 0.6) is 0 Å². The third-order valence-corrected chi connectivity index (χ3v) is 2.70. The second kappa shape index (κ2) is 4.41. The highest BCUT2D eigenvalue weighted by Gasteiger charge is 2.44. The maximum absolute atomic E-state index is 11.5. The molecule has 0 saturated carbocycles. The van der Waals surface area contributed by atoms with Gasteiger partial charge >= 0.3 is 5.69 Å². The molecule has 8 heteroatoms. The van der Waals surface area contributed by atoms with Gasteiger partial charge in [-0.05, 0) is 0 Å². The first-order valence-electron chi connectivity index (χ1n) is 4.99. The van der Waals surface area contributed by atoms with Crippen LogP contribution in [0.2, 0.25) is 0 Å². The van der Waals surface area contributed by atoms with Crippen molar-refractivity contribution in [2.75, 3.05) is 6.61 Å². The highest BCUT2D eigenvalue weighted by molar-refractivity contribution is 5.13. The number of hydrogen-bond donors (Lipinski definition) is 5. The maximum atomic E-state index is 11.5. The van der Waals surface area contributed by atoms with Gasteiger partial charge in [-0.2, -0.15) is 0 Å². The predicted octanol–water partition coefficient (Wildman–Crippen LogP) is -2.78. The number of ether oxygens (including phenoxy) is 1. The Morgan fingerprint density at radius 2 is 2.00 bits per heavy atom. The first kappa shape index (κ1) is 12.0. The van der Waals surface area contributed by atoms with Gasteiger partial charge in [0.05, 0.1) is 12.2 Å². The van der Waals surface area contributed by atoms with E-state index >= 15 is 0 Å². The summed E-state index contributed by atoms with van der Waals surface area (Å²) >= 11 is 0. The molecule has 1 aliphatic heterocycles. The fourth-order valence-corrected chi connectivity index (χ4v) is 1.79. The molecule has 1 saturated heterocycles. The minimum Gasteiger partial charge on any atom is -0.394 e. The van der Waals surface area contributed by atoms with Crippen LogP contribution in [0.1, 0.15) is 11.7 Å². The Balaban J connectivity index is 2.35. The molecule has 94 valence electrons. The zero-order valence-electron chi connectivity index (χ0n) is 8.66. The number of hydrogen-bond acceptors (Lipinski definition) is 6. The van der Waals surface area contributed by atoms with Gasteiger partial charge in [-0.3, -0.25) is 9.78 Å². The predicted molar refractivity (Wildman–Crippen MR) is 54.4 cm³/mol. The van der Waals surface area contributed by atoms with E-state index < -0.39 is 42.3 Å². The van der Waals surface area contributed by atoms with Crippen molar-refractivity contribution >= 4 is 0 Å². The quantitative estimate of drug-likeness (QED) is 0.382. The summed E-state index contributed by atoms with van der Waals surface area (Å²) < 4.78 is 5.15. The van der Waals surface area contributed by atoms with E-state index in [0.717, 1.165) is 6.20 Å². The summed E-state index contributed by atoms with van der Waals surface area (Å²) in [5, 5.41) is 28.1. The van der Waals surface area contributed by atoms with Gasteiger partial charge in [0.25, 0.3) is 5.56 Å². The molecule has 8 nitrogen and oxygen atoms in total. The molecule has 1 fully saturated rings. The lowest BCUT2D eigenvalue weighted by Crippen LogP contribution is -2.34. The number of aliphatic hydroxyl groups is 3. The van der Waals surface area contributed by atoms with Gasteiger partial charge in [0, 0.05) is 6.20 Å². The van der Waals surface area contributed by atoms with Gasteiger partial charge in [0.2, 0.25) is 0 Å². The Bertz CT molecular complexity index is 509. The van der Waals surface area contributed by atoms with Crippen molar-refractivity contribution in [1.82, 2.24) is 9.97 Å². The van der Waals surface area contributed by atoms with Crippen LogP contribution >= 0.6 is 0 Å². The van der Waals surface area contributed by atoms with Gasteiger partial charge in [0.15, 0.2) is 0 Å². The van der Waals surface area contributed by atoms with E-state index in [1.165, 1.54) is 0 Å². The van der Waals surface area contributed by atoms with Crippen molar-refractivity contribution in [2.45, 2.75) is 24.4 Å². The molecule has 3 unspecified atom stereocenters. The average Bonchev–Trinajstić information content (AvgIpc) is 2.57. The Hall–Kier alpha value is -1.48. The van der Waals surface area contributed by atoms with Crippen molar-refractivity contribution in [1.29, 1.82) is 0 Å². The van der Waals surface area contributed by atoms with E-state index in [9.17, 15) is 19.8 Å². The monoisotopic (exact) mass is 244 g/mol. The van der Waals surface area contributed by atoms with Crippen LogP contribution in [0, 0.1) is 0 Å². The van der Waals surface area contributed by atoms with Crippen LogP contribution in [-0.4, -0.2) is 50.2 Å². The topological polar surface area (TPSA) is 136 Å². The van der Waals surface area contributed by atoms with Crippen LogP contribution in [-0.2, 0) is 4.74 Å². The SMILES string of the molecule is O=c1[nH]cc(C2OC(CO)C(O)[C@@H]2O)c(=O)[nH]1. The molecule has 2 heterocycles. The summed E-state index contributed by atoms with van der Waals surface area (Å²) in [5.74, 6) is 0. The molecular weight excluding hydrogens is 232 g/mol. The lowest BCUT2D eigenvalue weighted by atomic mass is 10.0. The molecule has 0 spiro atoms. The minimum absolute atomic E-state index is 0.00731. The van der Waals surface area contributed by atoms with Crippen molar-refractivity contribution in [3.8, 4) is 0 Å². The average molecular weight is 244 g/mol. The maximum Gasteiger partial charge on any atom is 0.325 e. The first-order valence-corrected chi connectivity index (χ1v) is 4.99. The molecule has 0 amide bonds. The first-order chi connectivity index (χ1) is 8.04. The minimum atomic E-state index is -1.33. The van der Waals surface area contributed by atoms with Crippen molar-refractivity contribution < 1.29 is 20.1 Å². The number of nitrogens with one attached hydrogen (secondary N) is 2. The van der Waals surface area contributed by atoms with Crippen LogP contribution < -0.4 is 11.2 Å². The number of rotatable bonds is 2. The highest BCUT2D eigenvalue weighted by atomic mass is 16.6. The number of H-pyrrole nitrogens is 2. The molecule has 0 aliphatic carbocycles. The Labute approximate surface area is 94.5 Å². The summed E-state index contributed by atoms with van der Waals surface area (Å²) in [6.45, 7) is -0.476. The van der Waals surface area contributed by atoms with Gasteiger partial charge in [-0.25, -0.2) is 4.79 Å². The summed E-state index contributed by atoms with van der Waals surface area (Å²) in [4.78, 5) is 26.5. The number of aliphatic hydroxyl groups excluding tert-OH is 3. The largest absolute Gasteiger partial charge is 0.394 e. The van der Waals surface area contributed by atoms with E-state index in [4.69, 9.17) is 9.84 Å². The number of aromatic amines is 2. The molecule has 0 bridgehead atoms. The van der Waals surface area contributed by atoms with Crippen LogP contribution in [0.15, 0.2) is 15.8 Å². The van der Waals surface area contributed by atoms with Crippen molar-refractivity contribution in [3.05, 3.63) is 32.6 Å². The zero-order chi connectivity index (χ0) is 12.6. The fourth-order valence-electron chi connectivity index (χ4n) is 1.79. The molecular formula is C9H12N2O6. The Kier molecular flexibility index (Phi) is 3.11. The van der Waals surface area contributed by atoms with Crippen LogP contribution in [0.3, 0.4) is 0 Å². The summed E-state index contributed by atoms with van der Waals surface area (Å²) in [5.41, 5.74) is -1.39. The molecule has 5 N–H and O–H groups in total. The Morgan fingerprint density at radius 1 is 1.29 bits per heavy atom. The lowest BCUT2D eigenvalue weighted by Gasteiger charge is -2.13. The van der Waals surface area contributed by atoms with Gasteiger partial charge in [-0.15, -0.1) is 0 Å². The van der Waals surface area contributed by atoms with E-state index in [0.29, 0.717) is 0 Å². The smallest absolute Gasteiger partial charge is 0.325 e. The molecule has 1 aromatic heterocycles. The summed E-state index contributed by atoms with van der Waals surface area (Å²) in [6, 6.07) is 0. The molecule has 0 aromatic carbocycles. The lowest BCUT2D eigenvalue weighted by molar-refractivity contribution is -0.0232. The molecule has 4 atom stereocenters. The van der Waals surface area contributed by atoms with Gasteiger partial charge in [0.1, 0.15) is 24.4 Å². The normalized spacial score (nSPS) is 32.9. The standard InChI is InChI=1S/C9H12N2O6/c12-2-4-5(13)6(14)7(17-4)3-1-10-9(16)11-8(3)15/h1,4-7,12-14H,2H2,(H2,10,11,15,16)/t4?,5?,6-,7?/m0/s1. The van der Waals surface area contributed by atoms with Gasteiger partial charge < -0.3 is 25.0 Å². The number of aromatic nitrogens is 2. The third kappa shape index (κ3) is 2.03. The zero-order valence-corrected chi connectivity index (χ0v) is 8.66. The van der Waals surface area contributed by atoms with E-state index in [-0.39, 0.29) is 5.56 Å². The van der Waals surface area contributed by atoms with Crippen molar-refractivity contribution in [2.24, 2.45) is 0 Å². The second-order valence-corrected chi connectivity index (χ2v) is 3.79. The molecule has 1 aliphatic rings. The third-order valence-electron chi connectivity index (χ3n) is 2.70. The second-order valence-electron chi connectivity index (χ2n) is 3.79. The molecule has 0 radical (unpaired) electrons. The van der Waals surface area contributed by atoms with Crippen LogP contribution in [0.25, 0.3) is 0 Å². The molecule has 2 rings (SSSR count). The Morgan fingerprint density at radius 3 is 2.53 bits per heavy atom. The highest BCUT2D eigenvalue weighted by Crippen LogP contribution is 2.31. The van der Waals surface area contributed by atoms with Gasteiger partial charge in [-0.1, -0.05) is 0 Å². The van der Waals surface area contributed by atoms with E-state index in [1.807, 2.05) is 4.98 Å². The van der Waals surface area contributed by atoms with Crippen molar-refractivity contribution in [3.63, 3.8) is 0 Å². The van der Waals surface area contributed by atoms with Crippen LogP contribution in [0.4, 0.5) is 0 Å².